The number of hydrogen-bond acceptors (Lipinski definition) is 4. The van der Waals surface area contributed by atoms with Crippen molar-refractivity contribution in [1.29, 1.82) is 0 Å². The minimum Gasteiger partial charge on any atom is -0.273 e. The van der Waals surface area contributed by atoms with Gasteiger partial charge in [0.2, 0.25) is 5.91 Å². The maximum atomic E-state index is 13.5. The standard InChI is InChI=1S/C23H17IN2O3/c24-17-13-7-8-14-18(17)25-22(27)19-20(15-9-3-1-4-10-15)26(29-21(19)23(25)28)16-11-5-2-6-12-16/h1-14,19-21H. The summed E-state index contributed by atoms with van der Waals surface area (Å²) >= 11 is 2.15. The molecule has 0 spiro atoms. The van der Waals surface area contributed by atoms with Gasteiger partial charge in [0.1, 0.15) is 5.92 Å². The molecule has 2 heterocycles. The van der Waals surface area contributed by atoms with Crippen LogP contribution in [-0.4, -0.2) is 17.9 Å². The predicted octanol–water partition coefficient (Wildman–Crippen LogP) is 4.34. The molecule has 0 bridgehead atoms. The molecule has 2 aliphatic rings. The number of benzene rings is 3. The van der Waals surface area contributed by atoms with Crippen molar-refractivity contribution in [3.63, 3.8) is 0 Å². The Morgan fingerprint density at radius 2 is 1.38 bits per heavy atom. The van der Waals surface area contributed by atoms with Gasteiger partial charge in [0.05, 0.1) is 17.4 Å². The molecule has 6 heteroatoms. The number of imide groups is 1. The van der Waals surface area contributed by atoms with Crippen LogP contribution in [0.5, 0.6) is 0 Å². The Balaban J connectivity index is 1.60. The maximum absolute atomic E-state index is 13.5. The summed E-state index contributed by atoms with van der Waals surface area (Å²) in [4.78, 5) is 34.2. The molecule has 144 valence electrons. The lowest BCUT2D eigenvalue weighted by Gasteiger charge is -2.28. The third-order valence-corrected chi connectivity index (χ3v) is 6.27. The van der Waals surface area contributed by atoms with Crippen LogP contribution < -0.4 is 9.96 Å². The number of nitrogens with zero attached hydrogens (tertiary/aromatic N) is 2. The van der Waals surface area contributed by atoms with Gasteiger partial charge in [0.15, 0.2) is 6.10 Å². The summed E-state index contributed by atoms with van der Waals surface area (Å²) in [6, 6.07) is 26.4. The fourth-order valence-corrected chi connectivity index (χ4v) is 4.70. The molecule has 0 aliphatic carbocycles. The van der Waals surface area contributed by atoms with Crippen LogP contribution in [0.15, 0.2) is 84.9 Å². The highest BCUT2D eigenvalue weighted by molar-refractivity contribution is 14.1. The zero-order valence-corrected chi connectivity index (χ0v) is 17.5. The van der Waals surface area contributed by atoms with Gasteiger partial charge in [-0.25, -0.2) is 9.96 Å². The summed E-state index contributed by atoms with van der Waals surface area (Å²) < 4.78 is 0.850. The molecule has 5 nitrogen and oxygen atoms in total. The molecule has 3 aromatic carbocycles. The summed E-state index contributed by atoms with van der Waals surface area (Å²) in [5.41, 5.74) is 2.37. The molecule has 2 amide bonds. The minimum absolute atomic E-state index is 0.226. The SMILES string of the molecule is O=C1C2ON(c3ccccc3)C(c3ccccc3)C2C(=O)N1c1ccccc1I. The van der Waals surface area contributed by atoms with E-state index in [2.05, 4.69) is 22.6 Å². The largest absolute Gasteiger partial charge is 0.273 e. The van der Waals surface area contributed by atoms with E-state index in [9.17, 15) is 9.59 Å². The molecule has 3 aromatic rings. The van der Waals surface area contributed by atoms with Crippen molar-refractivity contribution < 1.29 is 14.4 Å². The highest BCUT2D eigenvalue weighted by Gasteiger charge is 2.60. The van der Waals surface area contributed by atoms with Gasteiger partial charge in [-0.2, -0.15) is 0 Å². The third kappa shape index (κ3) is 2.94. The van der Waals surface area contributed by atoms with Crippen molar-refractivity contribution in [2.24, 2.45) is 5.92 Å². The second-order valence-corrected chi connectivity index (χ2v) is 8.19. The van der Waals surface area contributed by atoms with E-state index in [4.69, 9.17) is 4.84 Å². The van der Waals surface area contributed by atoms with Crippen molar-refractivity contribution in [2.45, 2.75) is 12.1 Å². The van der Waals surface area contributed by atoms with E-state index in [-0.39, 0.29) is 17.9 Å². The first-order valence-corrected chi connectivity index (χ1v) is 10.4. The number of hydrogen-bond donors (Lipinski definition) is 0. The van der Waals surface area contributed by atoms with Crippen LogP contribution >= 0.6 is 22.6 Å². The summed E-state index contributed by atoms with van der Waals surface area (Å²) in [6.07, 6.45) is -0.844. The highest BCUT2D eigenvalue weighted by atomic mass is 127. The summed E-state index contributed by atoms with van der Waals surface area (Å²) in [6.45, 7) is 0. The number of rotatable bonds is 3. The average molecular weight is 496 g/mol. The van der Waals surface area contributed by atoms with Crippen molar-refractivity contribution >= 4 is 45.8 Å². The molecular weight excluding hydrogens is 479 g/mol. The molecule has 2 saturated heterocycles. The number of fused-ring (bicyclic) bond motifs is 1. The molecule has 2 fully saturated rings. The van der Waals surface area contributed by atoms with E-state index in [1.807, 2.05) is 78.9 Å². The zero-order valence-electron chi connectivity index (χ0n) is 15.3. The van der Waals surface area contributed by atoms with Gasteiger partial charge < -0.3 is 0 Å². The van der Waals surface area contributed by atoms with Gasteiger partial charge in [0, 0.05) is 3.57 Å². The van der Waals surface area contributed by atoms with E-state index < -0.39 is 12.0 Å². The summed E-state index contributed by atoms with van der Waals surface area (Å²) in [5, 5.41) is 1.72. The molecular formula is C23H17IN2O3. The van der Waals surface area contributed by atoms with Gasteiger partial charge in [-0.1, -0.05) is 60.7 Å². The number of carbonyl (C=O) groups excluding carboxylic acids is 2. The van der Waals surface area contributed by atoms with E-state index in [1.54, 1.807) is 11.1 Å². The van der Waals surface area contributed by atoms with Crippen LogP contribution in [0.25, 0.3) is 0 Å². The number of amides is 2. The number of carbonyl (C=O) groups is 2. The van der Waals surface area contributed by atoms with Crippen LogP contribution in [0.4, 0.5) is 11.4 Å². The predicted molar refractivity (Wildman–Crippen MR) is 118 cm³/mol. The fraction of sp³-hybridized carbons (Fsp3) is 0.130. The second-order valence-electron chi connectivity index (χ2n) is 7.03. The first-order valence-electron chi connectivity index (χ1n) is 9.35. The Kier molecular flexibility index (Phi) is 4.60. The third-order valence-electron chi connectivity index (χ3n) is 5.36. The summed E-state index contributed by atoms with van der Waals surface area (Å²) in [5.74, 6) is -1.15. The maximum Gasteiger partial charge on any atom is 0.266 e. The Morgan fingerprint density at radius 1 is 0.759 bits per heavy atom. The van der Waals surface area contributed by atoms with Gasteiger partial charge in [-0.05, 0) is 52.4 Å². The van der Waals surface area contributed by atoms with E-state index in [0.717, 1.165) is 14.8 Å². The van der Waals surface area contributed by atoms with Gasteiger partial charge in [-0.15, -0.1) is 0 Å². The normalized spacial score (nSPS) is 23.6. The zero-order chi connectivity index (χ0) is 20.0. The van der Waals surface area contributed by atoms with E-state index >= 15 is 0 Å². The van der Waals surface area contributed by atoms with E-state index in [0.29, 0.717) is 5.69 Å². The van der Waals surface area contributed by atoms with Crippen LogP contribution in [0, 0.1) is 9.49 Å². The number of hydroxylamine groups is 1. The number of halogens is 1. The molecule has 0 N–H and O–H groups in total. The minimum atomic E-state index is -0.844. The molecule has 2 aliphatic heterocycles. The smallest absolute Gasteiger partial charge is 0.266 e. The van der Waals surface area contributed by atoms with Crippen molar-refractivity contribution in [2.75, 3.05) is 9.96 Å². The second kappa shape index (κ2) is 7.27. The Morgan fingerprint density at radius 3 is 2.07 bits per heavy atom. The first kappa shape index (κ1) is 18.3. The van der Waals surface area contributed by atoms with Gasteiger partial charge in [-0.3, -0.25) is 14.4 Å². The number of para-hydroxylation sites is 2. The lowest BCUT2D eigenvalue weighted by atomic mass is 9.90. The Hall–Kier alpha value is -2.71. The molecule has 0 saturated carbocycles. The molecule has 3 atom stereocenters. The lowest BCUT2D eigenvalue weighted by molar-refractivity contribution is -0.126. The molecule has 0 radical (unpaired) electrons. The fourth-order valence-electron chi connectivity index (χ4n) is 4.07. The van der Waals surface area contributed by atoms with Crippen molar-refractivity contribution in [1.82, 2.24) is 0 Å². The Bertz CT molecular complexity index is 1070. The monoisotopic (exact) mass is 496 g/mol. The molecule has 5 rings (SSSR count). The van der Waals surface area contributed by atoms with Crippen LogP contribution in [0.1, 0.15) is 11.6 Å². The summed E-state index contributed by atoms with van der Waals surface area (Å²) in [7, 11) is 0. The van der Waals surface area contributed by atoms with Crippen LogP contribution in [0.2, 0.25) is 0 Å². The van der Waals surface area contributed by atoms with Crippen LogP contribution in [-0.2, 0) is 14.4 Å². The average Bonchev–Trinajstić information content (AvgIpc) is 3.26. The topological polar surface area (TPSA) is 49.9 Å². The van der Waals surface area contributed by atoms with Gasteiger partial charge >= 0.3 is 0 Å². The Labute approximate surface area is 182 Å². The highest BCUT2D eigenvalue weighted by Crippen LogP contribution is 2.47. The quantitative estimate of drug-likeness (QED) is 0.400. The molecule has 3 unspecified atom stereocenters. The van der Waals surface area contributed by atoms with Crippen molar-refractivity contribution in [3.05, 3.63) is 94.1 Å². The first-order chi connectivity index (χ1) is 14.2. The van der Waals surface area contributed by atoms with Crippen LogP contribution in [0.3, 0.4) is 0 Å². The van der Waals surface area contributed by atoms with E-state index in [1.165, 1.54) is 4.90 Å². The van der Waals surface area contributed by atoms with Gasteiger partial charge in [0.25, 0.3) is 5.91 Å². The number of anilines is 2. The lowest BCUT2D eigenvalue weighted by Crippen LogP contribution is -2.37. The molecule has 29 heavy (non-hydrogen) atoms. The van der Waals surface area contributed by atoms with Crippen molar-refractivity contribution in [3.8, 4) is 0 Å². The molecule has 0 aromatic heterocycles.